The van der Waals surface area contributed by atoms with Gasteiger partial charge in [-0.05, 0) is 30.2 Å². The van der Waals surface area contributed by atoms with Crippen molar-refractivity contribution in [2.75, 3.05) is 13.1 Å². The molecular weight excluding hydrogens is 288 g/mol. The summed E-state index contributed by atoms with van der Waals surface area (Å²) in [4.78, 5) is 26.2. The summed E-state index contributed by atoms with van der Waals surface area (Å²) in [6.07, 6.45) is 1.40. The van der Waals surface area contributed by atoms with Gasteiger partial charge in [0.25, 0.3) is 0 Å². The van der Waals surface area contributed by atoms with Crippen molar-refractivity contribution >= 4 is 23.3 Å². The van der Waals surface area contributed by atoms with Crippen LogP contribution in [0.15, 0.2) is 17.5 Å². The van der Waals surface area contributed by atoms with Gasteiger partial charge in [-0.15, -0.1) is 11.3 Å². The van der Waals surface area contributed by atoms with Crippen molar-refractivity contribution in [2.24, 2.45) is 11.8 Å². The molecule has 0 aromatic carbocycles. The fourth-order valence-corrected chi connectivity index (χ4v) is 3.57. The number of aliphatic carboxylic acids is 1. The van der Waals surface area contributed by atoms with Crippen LogP contribution < -0.4 is 5.32 Å². The Morgan fingerprint density at radius 1 is 1.48 bits per heavy atom. The quantitative estimate of drug-likeness (QED) is 0.898. The van der Waals surface area contributed by atoms with Crippen LogP contribution in [0.1, 0.15) is 37.6 Å². The zero-order valence-corrected chi connectivity index (χ0v) is 13.2. The fraction of sp³-hybridized carbons (Fsp3) is 0.600. The molecule has 1 aliphatic heterocycles. The number of carboxylic acid groups (broad SMARTS) is 1. The Bertz CT molecular complexity index is 487. The minimum absolute atomic E-state index is 0.0253. The molecular formula is C15H22N2O3S. The number of hydrogen-bond acceptors (Lipinski definition) is 3. The van der Waals surface area contributed by atoms with Gasteiger partial charge >= 0.3 is 12.0 Å². The van der Waals surface area contributed by atoms with Crippen molar-refractivity contribution in [3.8, 4) is 0 Å². The first kappa shape index (κ1) is 15.8. The standard InChI is InChI=1S/C15H22N2O3S/c1-10(2)13(12-6-4-8-21-12)16-15(20)17-7-3-5-11(9-17)14(18)19/h4,6,8,10-11,13H,3,5,7,9H2,1-2H3,(H,16,20)(H,18,19)/t11-,13?/m1/s1. The summed E-state index contributed by atoms with van der Waals surface area (Å²) < 4.78 is 0. The molecule has 2 amide bonds. The molecule has 0 saturated carbocycles. The molecule has 0 bridgehead atoms. The average molecular weight is 310 g/mol. The van der Waals surface area contributed by atoms with E-state index in [0.717, 1.165) is 11.3 Å². The molecule has 1 unspecified atom stereocenters. The highest BCUT2D eigenvalue weighted by atomic mass is 32.1. The molecule has 5 nitrogen and oxygen atoms in total. The Labute approximate surface area is 129 Å². The largest absolute Gasteiger partial charge is 0.481 e. The summed E-state index contributed by atoms with van der Waals surface area (Å²) in [5.74, 6) is -0.970. The van der Waals surface area contributed by atoms with Crippen molar-refractivity contribution in [2.45, 2.75) is 32.7 Å². The van der Waals surface area contributed by atoms with E-state index in [9.17, 15) is 9.59 Å². The first-order chi connectivity index (χ1) is 9.99. The maximum Gasteiger partial charge on any atom is 0.317 e. The maximum absolute atomic E-state index is 12.4. The zero-order chi connectivity index (χ0) is 15.4. The molecule has 1 aromatic rings. The van der Waals surface area contributed by atoms with Gasteiger partial charge in [0.2, 0.25) is 0 Å². The topological polar surface area (TPSA) is 69.6 Å². The lowest BCUT2D eigenvalue weighted by Gasteiger charge is -2.33. The predicted molar refractivity (Wildman–Crippen MR) is 82.4 cm³/mol. The molecule has 1 fully saturated rings. The number of amides is 2. The highest BCUT2D eigenvalue weighted by molar-refractivity contribution is 7.10. The second-order valence-corrected chi connectivity index (χ2v) is 6.79. The number of nitrogens with one attached hydrogen (secondary N) is 1. The van der Waals surface area contributed by atoms with Crippen LogP contribution in [0, 0.1) is 11.8 Å². The van der Waals surface area contributed by atoms with Gasteiger partial charge in [-0.3, -0.25) is 4.79 Å². The molecule has 1 saturated heterocycles. The van der Waals surface area contributed by atoms with E-state index in [-0.39, 0.29) is 18.0 Å². The third kappa shape index (κ3) is 3.97. The number of carboxylic acids is 1. The number of likely N-dealkylation sites (tertiary alicyclic amines) is 1. The van der Waals surface area contributed by atoms with Crippen molar-refractivity contribution in [1.29, 1.82) is 0 Å². The Morgan fingerprint density at radius 2 is 2.24 bits per heavy atom. The van der Waals surface area contributed by atoms with Gasteiger partial charge in [-0.2, -0.15) is 0 Å². The SMILES string of the molecule is CC(C)C(NC(=O)N1CCC[C@@H](C(=O)O)C1)c1cccs1. The molecule has 116 valence electrons. The van der Waals surface area contributed by atoms with Crippen LogP contribution in [0.2, 0.25) is 0 Å². The lowest BCUT2D eigenvalue weighted by molar-refractivity contribution is -0.143. The van der Waals surface area contributed by atoms with Crippen LogP contribution in [-0.2, 0) is 4.79 Å². The summed E-state index contributed by atoms with van der Waals surface area (Å²) in [6.45, 7) is 5.07. The molecule has 1 aliphatic rings. The molecule has 21 heavy (non-hydrogen) atoms. The third-order valence-corrected chi connectivity index (χ3v) is 4.81. The first-order valence-corrected chi connectivity index (χ1v) is 8.18. The third-order valence-electron chi connectivity index (χ3n) is 3.85. The number of piperidine rings is 1. The molecule has 0 radical (unpaired) electrons. The lowest BCUT2D eigenvalue weighted by Crippen LogP contribution is -2.48. The minimum atomic E-state index is -0.814. The van der Waals surface area contributed by atoms with E-state index in [1.807, 2.05) is 17.5 Å². The second kappa shape index (κ2) is 6.93. The minimum Gasteiger partial charge on any atom is -0.481 e. The smallest absolute Gasteiger partial charge is 0.317 e. The Morgan fingerprint density at radius 3 is 2.81 bits per heavy atom. The summed E-state index contributed by atoms with van der Waals surface area (Å²) in [6, 6.07) is 3.81. The highest BCUT2D eigenvalue weighted by Crippen LogP contribution is 2.26. The predicted octanol–water partition coefficient (Wildman–Crippen LogP) is 2.95. The average Bonchev–Trinajstić information content (AvgIpc) is 2.98. The first-order valence-electron chi connectivity index (χ1n) is 7.30. The van der Waals surface area contributed by atoms with Crippen molar-refractivity contribution in [3.05, 3.63) is 22.4 Å². The number of nitrogens with zero attached hydrogens (tertiary/aromatic N) is 1. The van der Waals surface area contributed by atoms with E-state index in [4.69, 9.17) is 5.11 Å². The summed E-state index contributed by atoms with van der Waals surface area (Å²) >= 11 is 1.63. The van der Waals surface area contributed by atoms with Crippen molar-refractivity contribution in [3.63, 3.8) is 0 Å². The summed E-state index contributed by atoms with van der Waals surface area (Å²) in [7, 11) is 0. The molecule has 6 heteroatoms. The molecule has 2 rings (SSSR count). The Kier molecular flexibility index (Phi) is 5.22. The van der Waals surface area contributed by atoms with E-state index in [1.165, 1.54) is 0 Å². The van der Waals surface area contributed by atoms with E-state index in [2.05, 4.69) is 19.2 Å². The summed E-state index contributed by atoms with van der Waals surface area (Å²) in [5.41, 5.74) is 0. The highest BCUT2D eigenvalue weighted by Gasteiger charge is 2.29. The fourth-order valence-electron chi connectivity index (χ4n) is 2.62. The summed E-state index contributed by atoms with van der Waals surface area (Å²) in [5, 5.41) is 14.2. The van der Waals surface area contributed by atoms with E-state index in [1.54, 1.807) is 16.2 Å². The normalized spacial score (nSPS) is 20.3. The van der Waals surface area contributed by atoms with E-state index in [0.29, 0.717) is 19.5 Å². The van der Waals surface area contributed by atoms with Gasteiger partial charge in [0.05, 0.1) is 12.0 Å². The number of thiophene rings is 1. The Hall–Kier alpha value is -1.56. The number of rotatable bonds is 4. The van der Waals surface area contributed by atoms with Crippen LogP contribution in [0.25, 0.3) is 0 Å². The monoisotopic (exact) mass is 310 g/mol. The van der Waals surface area contributed by atoms with Crippen LogP contribution >= 0.6 is 11.3 Å². The van der Waals surface area contributed by atoms with Gasteiger partial charge in [0, 0.05) is 18.0 Å². The second-order valence-electron chi connectivity index (χ2n) is 5.81. The van der Waals surface area contributed by atoms with Gasteiger partial charge in [-0.25, -0.2) is 4.79 Å². The van der Waals surface area contributed by atoms with E-state index < -0.39 is 11.9 Å². The molecule has 2 heterocycles. The molecule has 2 atom stereocenters. The van der Waals surface area contributed by atoms with Gasteiger partial charge < -0.3 is 15.3 Å². The Balaban J connectivity index is 2.00. The van der Waals surface area contributed by atoms with Gasteiger partial charge in [-0.1, -0.05) is 19.9 Å². The van der Waals surface area contributed by atoms with Crippen LogP contribution in [-0.4, -0.2) is 35.1 Å². The van der Waals surface area contributed by atoms with E-state index >= 15 is 0 Å². The molecule has 1 aromatic heterocycles. The van der Waals surface area contributed by atoms with Crippen LogP contribution in [0.3, 0.4) is 0 Å². The van der Waals surface area contributed by atoms with Crippen molar-refractivity contribution < 1.29 is 14.7 Å². The van der Waals surface area contributed by atoms with Gasteiger partial charge in [0.1, 0.15) is 0 Å². The van der Waals surface area contributed by atoms with Crippen LogP contribution in [0.4, 0.5) is 4.79 Å². The molecule has 2 N–H and O–H groups in total. The maximum atomic E-state index is 12.4. The molecule has 0 aliphatic carbocycles. The number of urea groups is 1. The lowest BCUT2D eigenvalue weighted by atomic mass is 9.98. The zero-order valence-electron chi connectivity index (χ0n) is 12.4. The van der Waals surface area contributed by atoms with Crippen LogP contribution in [0.5, 0.6) is 0 Å². The number of hydrogen-bond donors (Lipinski definition) is 2. The molecule has 0 spiro atoms. The van der Waals surface area contributed by atoms with Crippen molar-refractivity contribution in [1.82, 2.24) is 10.2 Å². The number of carbonyl (C=O) groups excluding carboxylic acids is 1. The number of carbonyl (C=O) groups is 2. The van der Waals surface area contributed by atoms with Gasteiger partial charge in [0.15, 0.2) is 0 Å².